The van der Waals surface area contributed by atoms with Crippen LogP contribution in [0.3, 0.4) is 0 Å². The third kappa shape index (κ3) is 4.32. The first-order valence-corrected chi connectivity index (χ1v) is 10.2. The molecule has 1 amide bonds. The van der Waals surface area contributed by atoms with Crippen LogP contribution in [0, 0.1) is 11.7 Å². The molecule has 0 aliphatic carbocycles. The number of para-hydroxylation sites is 2. The van der Waals surface area contributed by atoms with Gasteiger partial charge in [0.2, 0.25) is 0 Å². The molecule has 1 aliphatic heterocycles. The van der Waals surface area contributed by atoms with Crippen molar-refractivity contribution in [3.63, 3.8) is 0 Å². The van der Waals surface area contributed by atoms with Gasteiger partial charge in [0.25, 0.3) is 5.91 Å². The number of halogens is 1. The van der Waals surface area contributed by atoms with E-state index in [9.17, 15) is 9.18 Å². The number of hydrogen-bond donors (Lipinski definition) is 1. The Labute approximate surface area is 170 Å². The zero-order valence-corrected chi connectivity index (χ0v) is 16.9. The van der Waals surface area contributed by atoms with Crippen LogP contribution in [0.1, 0.15) is 36.2 Å². The fourth-order valence-electron chi connectivity index (χ4n) is 4.00. The minimum atomic E-state index is -0.486. The number of carbonyl (C=O) groups is 1. The lowest BCUT2D eigenvalue weighted by molar-refractivity contribution is 0.0943. The monoisotopic (exact) mass is 394 g/mol. The maximum absolute atomic E-state index is 14.6. The molecule has 3 aromatic rings. The molecular formula is C23H27FN4O. The molecule has 2 heterocycles. The van der Waals surface area contributed by atoms with Gasteiger partial charge in [-0.15, -0.1) is 0 Å². The van der Waals surface area contributed by atoms with Gasteiger partial charge in [0.05, 0.1) is 22.9 Å². The Balaban J connectivity index is 1.39. The van der Waals surface area contributed by atoms with Crippen LogP contribution in [0.5, 0.6) is 0 Å². The molecule has 5 nitrogen and oxygen atoms in total. The van der Waals surface area contributed by atoms with Gasteiger partial charge >= 0.3 is 0 Å². The zero-order chi connectivity index (χ0) is 20.4. The molecule has 29 heavy (non-hydrogen) atoms. The predicted octanol–water partition coefficient (Wildman–Crippen LogP) is 3.68. The molecule has 4 rings (SSSR count). The lowest BCUT2D eigenvalue weighted by atomic mass is 10.1. The maximum atomic E-state index is 14.6. The van der Waals surface area contributed by atoms with Crippen LogP contribution in [0.2, 0.25) is 0 Å². The van der Waals surface area contributed by atoms with Gasteiger partial charge in [0.1, 0.15) is 5.82 Å². The van der Waals surface area contributed by atoms with Gasteiger partial charge < -0.3 is 14.8 Å². The summed E-state index contributed by atoms with van der Waals surface area (Å²) in [6.07, 6.45) is 2.82. The van der Waals surface area contributed by atoms with Crippen molar-refractivity contribution in [2.24, 2.45) is 5.92 Å². The smallest absolute Gasteiger partial charge is 0.254 e. The van der Waals surface area contributed by atoms with E-state index in [0.29, 0.717) is 25.0 Å². The molecule has 0 radical (unpaired) electrons. The third-order valence-corrected chi connectivity index (χ3v) is 5.76. The summed E-state index contributed by atoms with van der Waals surface area (Å²) < 4.78 is 16.6. The highest BCUT2D eigenvalue weighted by Crippen LogP contribution is 2.19. The standard InChI is InChI=1S/C23H27FN4O/c1-16(2)27-10-9-18(14-27)12-25-23(29)19-8-7-17(11-20(19)24)13-28-15-26-21-5-3-4-6-22(21)28/h3-8,11,15-16,18H,9-10,12-14H2,1-2H3,(H,25,29). The summed E-state index contributed by atoms with van der Waals surface area (Å²) >= 11 is 0. The summed E-state index contributed by atoms with van der Waals surface area (Å²) in [5.74, 6) is -0.400. The number of fused-ring (bicyclic) bond motifs is 1. The van der Waals surface area contributed by atoms with Crippen molar-refractivity contribution >= 4 is 16.9 Å². The Morgan fingerprint density at radius 2 is 2.10 bits per heavy atom. The van der Waals surface area contributed by atoms with E-state index in [4.69, 9.17) is 0 Å². The second kappa shape index (κ2) is 8.33. The van der Waals surface area contributed by atoms with Crippen molar-refractivity contribution in [1.82, 2.24) is 19.8 Å². The summed E-state index contributed by atoms with van der Waals surface area (Å²) in [6, 6.07) is 13.2. The van der Waals surface area contributed by atoms with Gasteiger partial charge in [-0.25, -0.2) is 9.37 Å². The van der Waals surface area contributed by atoms with Crippen molar-refractivity contribution in [2.45, 2.75) is 32.9 Å². The number of imidazole rings is 1. The molecule has 0 spiro atoms. The predicted molar refractivity (Wildman–Crippen MR) is 112 cm³/mol. The number of aromatic nitrogens is 2. The molecule has 1 atom stereocenters. The number of rotatable bonds is 6. The minimum absolute atomic E-state index is 0.1000. The Bertz CT molecular complexity index is 1010. The number of carbonyl (C=O) groups excluding carboxylic acids is 1. The molecule has 1 unspecified atom stereocenters. The van der Waals surface area contributed by atoms with Crippen LogP contribution in [-0.2, 0) is 6.54 Å². The third-order valence-electron chi connectivity index (χ3n) is 5.76. The number of nitrogens with zero attached hydrogens (tertiary/aromatic N) is 3. The summed E-state index contributed by atoms with van der Waals surface area (Å²) in [5, 5.41) is 2.91. The van der Waals surface area contributed by atoms with Gasteiger partial charge in [-0.2, -0.15) is 0 Å². The number of hydrogen-bond acceptors (Lipinski definition) is 3. The number of amides is 1. The molecule has 1 fully saturated rings. The van der Waals surface area contributed by atoms with Crippen LogP contribution >= 0.6 is 0 Å². The first-order valence-electron chi connectivity index (χ1n) is 10.2. The van der Waals surface area contributed by atoms with Crippen LogP contribution in [0.4, 0.5) is 4.39 Å². The molecule has 6 heteroatoms. The topological polar surface area (TPSA) is 50.2 Å². The van der Waals surface area contributed by atoms with Crippen molar-refractivity contribution in [3.8, 4) is 0 Å². The highest BCUT2D eigenvalue weighted by Gasteiger charge is 2.24. The average Bonchev–Trinajstić information content (AvgIpc) is 3.34. The molecule has 152 valence electrons. The Morgan fingerprint density at radius 1 is 1.28 bits per heavy atom. The van der Waals surface area contributed by atoms with Gasteiger partial charge in [-0.3, -0.25) is 4.79 Å². The second-order valence-electron chi connectivity index (χ2n) is 8.13. The van der Waals surface area contributed by atoms with E-state index < -0.39 is 5.82 Å². The first kappa shape index (κ1) is 19.6. The zero-order valence-electron chi connectivity index (χ0n) is 16.9. The first-order chi connectivity index (χ1) is 14.0. The van der Waals surface area contributed by atoms with Gasteiger partial charge in [-0.1, -0.05) is 18.2 Å². The summed E-state index contributed by atoms with van der Waals surface area (Å²) in [4.78, 5) is 19.2. The maximum Gasteiger partial charge on any atom is 0.254 e. The van der Waals surface area contributed by atoms with E-state index in [1.165, 1.54) is 6.07 Å². The fourth-order valence-corrected chi connectivity index (χ4v) is 4.00. The Kier molecular flexibility index (Phi) is 5.62. The highest BCUT2D eigenvalue weighted by atomic mass is 19.1. The van der Waals surface area contributed by atoms with Gasteiger partial charge in [0, 0.05) is 25.7 Å². The Hall–Kier alpha value is -2.73. The van der Waals surface area contributed by atoms with Crippen molar-refractivity contribution in [3.05, 3.63) is 65.7 Å². The molecule has 1 saturated heterocycles. The van der Waals surface area contributed by atoms with Crippen LogP contribution in [0.25, 0.3) is 11.0 Å². The van der Waals surface area contributed by atoms with E-state index in [0.717, 1.165) is 36.1 Å². The lowest BCUT2D eigenvalue weighted by Crippen LogP contribution is -2.33. The molecule has 0 saturated carbocycles. The van der Waals surface area contributed by atoms with Crippen molar-refractivity contribution < 1.29 is 9.18 Å². The molecular weight excluding hydrogens is 367 g/mol. The van der Waals surface area contributed by atoms with Crippen molar-refractivity contribution in [2.75, 3.05) is 19.6 Å². The van der Waals surface area contributed by atoms with Gasteiger partial charge in [0.15, 0.2) is 0 Å². The highest BCUT2D eigenvalue weighted by molar-refractivity contribution is 5.94. The van der Waals surface area contributed by atoms with E-state index in [1.54, 1.807) is 12.4 Å². The number of nitrogens with one attached hydrogen (secondary N) is 1. The Morgan fingerprint density at radius 3 is 2.86 bits per heavy atom. The molecule has 2 aromatic carbocycles. The van der Waals surface area contributed by atoms with E-state index in [1.807, 2.05) is 34.9 Å². The van der Waals surface area contributed by atoms with Crippen molar-refractivity contribution in [1.29, 1.82) is 0 Å². The van der Waals surface area contributed by atoms with E-state index in [-0.39, 0.29) is 11.5 Å². The molecule has 1 N–H and O–H groups in total. The summed E-state index contributed by atoms with van der Waals surface area (Å²) in [6.45, 7) is 7.51. The van der Waals surface area contributed by atoms with Crippen LogP contribution < -0.4 is 5.32 Å². The number of likely N-dealkylation sites (tertiary alicyclic amines) is 1. The molecule has 0 bridgehead atoms. The van der Waals surface area contributed by atoms with Crippen LogP contribution in [-0.4, -0.2) is 46.0 Å². The van der Waals surface area contributed by atoms with E-state index in [2.05, 4.69) is 29.0 Å². The fraction of sp³-hybridized carbons (Fsp3) is 0.391. The molecule has 1 aromatic heterocycles. The SMILES string of the molecule is CC(C)N1CCC(CNC(=O)c2ccc(Cn3cnc4ccccc43)cc2F)C1. The van der Waals surface area contributed by atoms with Gasteiger partial charge in [-0.05, 0) is 62.6 Å². The summed E-state index contributed by atoms with van der Waals surface area (Å²) in [7, 11) is 0. The average molecular weight is 394 g/mol. The molecule has 1 aliphatic rings. The largest absolute Gasteiger partial charge is 0.352 e. The second-order valence-corrected chi connectivity index (χ2v) is 8.13. The summed E-state index contributed by atoms with van der Waals surface area (Å²) in [5.41, 5.74) is 2.81. The van der Waals surface area contributed by atoms with Crippen LogP contribution in [0.15, 0.2) is 48.8 Å². The van der Waals surface area contributed by atoms with E-state index >= 15 is 0 Å². The minimum Gasteiger partial charge on any atom is -0.352 e. The quantitative estimate of drug-likeness (QED) is 0.694. The lowest BCUT2D eigenvalue weighted by Gasteiger charge is -2.20. The number of benzene rings is 2. The normalized spacial score (nSPS) is 17.3.